The standard InChI is InChI=1S/C14H22N2O2/c1-9-14(10(2)18-15-9)7-16-12-3-4-13(16)6-11(5-12)8-17/h11-13,17H,3-8H2,1-2H3/t11?,12-,13+. The monoisotopic (exact) mass is 250 g/mol. The first-order valence-corrected chi connectivity index (χ1v) is 6.97. The zero-order valence-electron chi connectivity index (χ0n) is 11.2. The van der Waals surface area contributed by atoms with Gasteiger partial charge in [0.1, 0.15) is 5.76 Å². The molecule has 2 saturated heterocycles. The fraction of sp³-hybridized carbons (Fsp3) is 0.786. The molecule has 18 heavy (non-hydrogen) atoms. The third kappa shape index (κ3) is 1.97. The number of aromatic nitrogens is 1. The van der Waals surface area contributed by atoms with Gasteiger partial charge in [-0.15, -0.1) is 0 Å². The Kier molecular flexibility index (Phi) is 3.16. The zero-order chi connectivity index (χ0) is 12.7. The first-order valence-electron chi connectivity index (χ1n) is 6.97. The van der Waals surface area contributed by atoms with Crippen molar-refractivity contribution in [2.24, 2.45) is 5.92 Å². The number of fused-ring (bicyclic) bond motifs is 2. The van der Waals surface area contributed by atoms with Gasteiger partial charge < -0.3 is 9.63 Å². The molecule has 1 unspecified atom stereocenters. The summed E-state index contributed by atoms with van der Waals surface area (Å²) < 4.78 is 5.25. The molecule has 0 aliphatic carbocycles. The maximum atomic E-state index is 9.34. The number of piperidine rings is 1. The van der Waals surface area contributed by atoms with Gasteiger partial charge in [-0.05, 0) is 45.4 Å². The highest BCUT2D eigenvalue weighted by atomic mass is 16.5. The quantitative estimate of drug-likeness (QED) is 0.891. The largest absolute Gasteiger partial charge is 0.396 e. The van der Waals surface area contributed by atoms with Gasteiger partial charge in [-0.1, -0.05) is 5.16 Å². The fourth-order valence-electron chi connectivity index (χ4n) is 3.70. The van der Waals surface area contributed by atoms with E-state index in [0.717, 1.165) is 30.8 Å². The second-order valence-electron chi connectivity index (χ2n) is 5.88. The second-order valence-corrected chi connectivity index (χ2v) is 5.88. The van der Waals surface area contributed by atoms with Crippen molar-refractivity contribution in [1.29, 1.82) is 0 Å². The highest BCUT2D eigenvalue weighted by molar-refractivity contribution is 5.21. The first kappa shape index (κ1) is 12.2. The number of nitrogens with zero attached hydrogens (tertiary/aromatic N) is 2. The van der Waals surface area contributed by atoms with Crippen LogP contribution in [-0.2, 0) is 6.54 Å². The minimum Gasteiger partial charge on any atom is -0.396 e. The lowest BCUT2D eigenvalue weighted by atomic mass is 9.91. The van der Waals surface area contributed by atoms with Gasteiger partial charge in [0.2, 0.25) is 0 Å². The molecule has 4 nitrogen and oxygen atoms in total. The van der Waals surface area contributed by atoms with Crippen LogP contribution in [0.15, 0.2) is 4.52 Å². The average Bonchev–Trinajstić information content (AvgIpc) is 2.80. The van der Waals surface area contributed by atoms with Gasteiger partial charge in [-0.3, -0.25) is 4.90 Å². The first-order chi connectivity index (χ1) is 8.69. The molecule has 3 atom stereocenters. The highest BCUT2D eigenvalue weighted by Gasteiger charge is 2.40. The molecule has 3 heterocycles. The summed E-state index contributed by atoms with van der Waals surface area (Å²) in [7, 11) is 0. The van der Waals surface area contributed by atoms with Crippen LogP contribution in [0, 0.1) is 19.8 Å². The van der Waals surface area contributed by atoms with E-state index in [1.807, 2.05) is 13.8 Å². The number of aliphatic hydroxyl groups excluding tert-OH is 1. The van der Waals surface area contributed by atoms with Crippen molar-refractivity contribution in [2.45, 2.75) is 58.2 Å². The van der Waals surface area contributed by atoms with Crippen LogP contribution in [0.5, 0.6) is 0 Å². The summed E-state index contributed by atoms with van der Waals surface area (Å²) in [5.41, 5.74) is 2.28. The average molecular weight is 250 g/mol. The predicted octanol–water partition coefficient (Wildman–Crippen LogP) is 2.03. The number of rotatable bonds is 3. The lowest BCUT2D eigenvalue weighted by Crippen LogP contribution is -2.43. The van der Waals surface area contributed by atoms with Gasteiger partial charge in [0.05, 0.1) is 5.69 Å². The minimum absolute atomic E-state index is 0.353. The molecule has 0 amide bonds. The van der Waals surface area contributed by atoms with Crippen LogP contribution >= 0.6 is 0 Å². The summed E-state index contributed by atoms with van der Waals surface area (Å²) in [6.45, 7) is 5.34. The summed E-state index contributed by atoms with van der Waals surface area (Å²) in [5.74, 6) is 1.47. The second kappa shape index (κ2) is 4.67. The Morgan fingerprint density at radius 2 is 1.94 bits per heavy atom. The Labute approximate surface area is 108 Å². The van der Waals surface area contributed by atoms with E-state index in [0.29, 0.717) is 24.6 Å². The zero-order valence-corrected chi connectivity index (χ0v) is 11.2. The van der Waals surface area contributed by atoms with Gasteiger partial charge in [-0.25, -0.2) is 0 Å². The molecule has 2 fully saturated rings. The van der Waals surface area contributed by atoms with Crippen molar-refractivity contribution >= 4 is 0 Å². The van der Waals surface area contributed by atoms with Gasteiger partial charge in [0.15, 0.2) is 0 Å². The molecule has 1 aromatic heterocycles. The molecule has 2 bridgehead atoms. The summed E-state index contributed by atoms with van der Waals surface area (Å²) >= 11 is 0. The summed E-state index contributed by atoms with van der Waals surface area (Å²) in [4.78, 5) is 2.61. The Bertz CT molecular complexity index is 396. The van der Waals surface area contributed by atoms with Gasteiger partial charge in [0.25, 0.3) is 0 Å². The van der Waals surface area contributed by atoms with E-state index in [4.69, 9.17) is 4.52 Å². The molecule has 3 rings (SSSR count). The number of hydrogen-bond acceptors (Lipinski definition) is 4. The van der Waals surface area contributed by atoms with Crippen molar-refractivity contribution in [1.82, 2.24) is 10.1 Å². The van der Waals surface area contributed by atoms with E-state index >= 15 is 0 Å². The molecule has 100 valence electrons. The Morgan fingerprint density at radius 3 is 2.44 bits per heavy atom. The van der Waals surface area contributed by atoms with Crippen LogP contribution in [0.25, 0.3) is 0 Å². The van der Waals surface area contributed by atoms with Gasteiger partial charge in [-0.2, -0.15) is 0 Å². The molecule has 1 aromatic rings. The molecular formula is C14H22N2O2. The maximum Gasteiger partial charge on any atom is 0.138 e. The fourth-order valence-corrected chi connectivity index (χ4v) is 3.70. The molecule has 0 radical (unpaired) electrons. The van der Waals surface area contributed by atoms with Crippen LogP contribution in [0.3, 0.4) is 0 Å². The van der Waals surface area contributed by atoms with E-state index in [9.17, 15) is 5.11 Å². The van der Waals surface area contributed by atoms with Crippen LogP contribution in [0.1, 0.15) is 42.7 Å². The maximum absolute atomic E-state index is 9.34. The number of aliphatic hydroxyl groups is 1. The lowest BCUT2D eigenvalue weighted by Gasteiger charge is -2.38. The Morgan fingerprint density at radius 1 is 1.28 bits per heavy atom. The van der Waals surface area contributed by atoms with E-state index in [1.165, 1.54) is 18.4 Å². The lowest BCUT2D eigenvalue weighted by molar-refractivity contribution is 0.0679. The molecule has 0 spiro atoms. The van der Waals surface area contributed by atoms with Crippen molar-refractivity contribution in [3.63, 3.8) is 0 Å². The third-order valence-corrected chi connectivity index (χ3v) is 4.76. The molecule has 2 aliphatic heterocycles. The third-order valence-electron chi connectivity index (χ3n) is 4.76. The number of aryl methyl sites for hydroxylation is 2. The molecule has 4 heteroatoms. The molecule has 2 aliphatic rings. The summed E-state index contributed by atoms with van der Waals surface area (Å²) in [6.07, 6.45) is 4.86. The molecular weight excluding hydrogens is 228 g/mol. The Hall–Kier alpha value is -0.870. The minimum atomic E-state index is 0.353. The van der Waals surface area contributed by atoms with Crippen molar-refractivity contribution in [3.05, 3.63) is 17.0 Å². The van der Waals surface area contributed by atoms with Crippen molar-refractivity contribution < 1.29 is 9.63 Å². The van der Waals surface area contributed by atoms with Crippen LogP contribution in [-0.4, -0.2) is 33.9 Å². The van der Waals surface area contributed by atoms with E-state index < -0.39 is 0 Å². The Balaban J connectivity index is 1.75. The summed E-state index contributed by atoms with van der Waals surface area (Å²) in [6, 6.07) is 1.30. The predicted molar refractivity (Wildman–Crippen MR) is 68.1 cm³/mol. The molecule has 0 saturated carbocycles. The summed E-state index contributed by atoms with van der Waals surface area (Å²) in [5, 5.41) is 13.4. The topological polar surface area (TPSA) is 49.5 Å². The smallest absolute Gasteiger partial charge is 0.138 e. The van der Waals surface area contributed by atoms with Gasteiger partial charge >= 0.3 is 0 Å². The van der Waals surface area contributed by atoms with Gasteiger partial charge in [0, 0.05) is 30.8 Å². The normalized spacial score (nSPS) is 32.1. The van der Waals surface area contributed by atoms with Crippen molar-refractivity contribution in [2.75, 3.05) is 6.61 Å². The van der Waals surface area contributed by atoms with Crippen molar-refractivity contribution in [3.8, 4) is 0 Å². The van der Waals surface area contributed by atoms with E-state index in [1.54, 1.807) is 0 Å². The molecule has 1 N–H and O–H groups in total. The van der Waals surface area contributed by atoms with Crippen LogP contribution in [0.4, 0.5) is 0 Å². The van der Waals surface area contributed by atoms with E-state index in [-0.39, 0.29) is 0 Å². The SMILES string of the molecule is Cc1noc(C)c1CN1[C@@H]2CC[C@H]1CC(CO)C2. The molecule has 0 aromatic carbocycles. The highest BCUT2D eigenvalue weighted by Crippen LogP contribution is 2.39. The van der Waals surface area contributed by atoms with Crippen LogP contribution < -0.4 is 0 Å². The number of hydrogen-bond donors (Lipinski definition) is 1. The van der Waals surface area contributed by atoms with E-state index in [2.05, 4.69) is 10.1 Å². The van der Waals surface area contributed by atoms with Crippen LogP contribution in [0.2, 0.25) is 0 Å².